The van der Waals surface area contributed by atoms with Gasteiger partial charge in [0.2, 0.25) is 0 Å². The Morgan fingerprint density at radius 1 is 0.900 bits per heavy atom. The summed E-state index contributed by atoms with van der Waals surface area (Å²) in [6, 6.07) is 17.7. The number of ether oxygens (including phenoxy) is 1. The van der Waals surface area contributed by atoms with E-state index in [-0.39, 0.29) is 5.91 Å². The van der Waals surface area contributed by atoms with Crippen molar-refractivity contribution in [2.45, 2.75) is 58.0 Å². The zero-order valence-electron chi connectivity index (χ0n) is 18.3. The Hall–Kier alpha value is -2.33. The fourth-order valence-corrected chi connectivity index (χ4v) is 4.78. The quantitative estimate of drug-likeness (QED) is 0.590. The topological polar surface area (TPSA) is 32.8 Å². The van der Waals surface area contributed by atoms with Gasteiger partial charge in [0.1, 0.15) is 5.75 Å². The van der Waals surface area contributed by atoms with Gasteiger partial charge in [-0.1, -0.05) is 24.3 Å². The highest BCUT2D eigenvalue weighted by molar-refractivity contribution is 5.94. The number of hydrogen-bond donors (Lipinski definition) is 0. The molecule has 2 fully saturated rings. The van der Waals surface area contributed by atoms with Crippen LogP contribution in [0.2, 0.25) is 0 Å². The summed E-state index contributed by atoms with van der Waals surface area (Å²) >= 11 is 0. The molecule has 2 saturated heterocycles. The minimum absolute atomic E-state index is 0.153. The lowest BCUT2D eigenvalue weighted by Gasteiger charge is -2.25. The zero-order valence-corrected chi connectivity index (χ0v) is 18.3. The van der Waals surface area contributed by atoms with Crippen LogP contribution in [-0.4, -0.2) is 54.0 Å². The molecule has 2 aromatic carbocycles. The molecule has 0 N–H and O–H groups in total. The number of carbonyl (C=O) groups excluding carboxylic acids is 1. The van der Waals surface area contributed by atoms with Crippen LogP contribution < -0.4 is 4.74 Å². The van der Waals surface area contributed by atoms with Crippen molar-refractivity contribution in [3.63, 3.8) is 0 Å². The molecule has 4 rings (SSSR count). The van der Waals surface area contributed by atoms with Crippen molar-refractivity contribution in [3.05, 3.63) is 54.1 Å². The summed E-state index contributed by atoms with van der Waals surface area (Å²) in [6.07, 6.45) is 5.93. The summed E-state index contributed by atoms with van der Waals surface area (Å²) in [5.74, 6) is 1.07. The second-order valence-electron chi connectivity index (χ2n) is 8.82. The van der Waals surface area contributed by atoms with Gasteiger partial charge in [-0.05, 0) is 81.3 Å². The van der Waals surface area contributed by atoms with Crippen LogP contribution in [0.1, 0.15) is 56.3 Å². The van der Waals surface area contributed by atoms with Crippen LogP contribution in [0.5, 0.6) is 5.75 Å². The first-order valence-electron chi connectivity index (χ1n) is 11.5. The molecule has 30 heavy (non-hydrogen) atoms. The van der Waals surface area contributed by atoms with Gasteiger partial charge in [-0.15, -0.1) is 0 Å². The van der Waals surface area contributed by atoms with Gasteiger partial charge < -0.3 is 9.64 Å². The predicted octanol–water partition coefficient (Wildman–Crippen LogP) is 5.23. The van der Waals surface area contributed by atoms with Crippen LogP contribution in [0.4, 0.5) is 0 Å². The maximum atomic E-state index is 12.5. The smallest absolute Gasteiger partial charge is 0.253 e. The Bertz CT molecular complexity index is 815. The van der Waals surface area contributed by atoms with Gasteiger partial charge in [0.15, 0.2) is 0 Å². The van der Waals surface area contributed by atoms with Crippen molar-refractivity contribution < 1.29 is 9.53 Å². The highest BCUT2D eigenvalue weighted by Crippen LogP contribution is 2.25. The lowest BCUT2D eigenvalue weighted by atomic mass is 10.0. The highest BCUT2D eigenvalue weighted by atomic mass is 16.5. The third kappa shape index (κ3) is 4.86. The Labute approximate surface area is 180 Å². The van der Waals surface area contributed by atoms with E-state index < -0.39 is 0 Å². The third-order valence-electron chi connectivity index (χ3n) is 6.68. The van der Waals surface area contributed by atoms with E-state index in [1.165, 1.54) is 12.8 Å². The van der Waals surface area contributed by atoms with Crippen LogP contribution in [0.15, 0.2) is 48.5 Å². The Morgan fingerprint density at radius 3 is 2.07 bits per heavy atom. The van der Waals surface area contributed by atoms with Crippen LogP contribution in [0.3, 0.4) is 0 Å². The number of nitrogens with zero attached hydrogens (tertiary/aromatic N) is 2. The molecule has 160 valence electrons. The minimum atomic E-state index is 0.153. The maximum absolute atomic E-state index is 12.5. The second kappa shape index (κ2) is 9.65. The van der Waals surface area contributed by atoms with Crippen molar-refractivity contribution >= 4 is 5.91 Å². The van der Waals surface area contributed by atoms with Crippen molar-refractivity contribution in [1.29, 1.82) is 0 Å². The molecule has 2 aliphatic heterocycles. The zero-order chi connectivity index (χ0) is 20.9. The molecule has 0 bridgehead atoms. The normalized spacial score (nSPS) is 21.9. The largest absolute Gasteiger partial charge is 0.494 e. The summed E-state index contributed by atoms with van der Waals surface area (Å²) in [5.41, 5.74) is 3.04. The molecule has 2 aromatic rings. The van der Waals surface area contributed by atoms with Crippen LogP contribution >= 0.6 is 0 Å². The molecule has 0 spiro atoms. The number of hydrogen-bond acceptors (Lipinski definition) is 3. The summed E-state index contributed by atoms with van der Waals surface area (Å²) in [4.78, 5) is 17.0. The van der Waals surface area contributed by atoms with Gasteiger partial charge in [-0.3, -0.25) is 9.69 Å². The molecule has 0 aliphatic carbocycles. The molecule has 0 saturated carbocycles. The number of amides is 1. The lowest BCUT2D eigenvalue weighted by molar-refractivity contribution is 0.0793. The van der Waals surface area contributed by atoms with Crippen molar-refractivity contribution in [3.8, 4) is 16.9 Å². The molecule has 0 radical (unpaired) electrons. The lowest BCUT2D eigenvalue weighted by Crippen LogP contribution is -2.34. The Kier molecular flexibility index (Phi) is 6.73. The molecular formula is C26H34N2O2. The van der Waals surface area contributed by atoms with E-state index in [4.69, 9.17) is 4.74 Å². The van der Waals surface area contributed by atoms with E-state index in [0.717, 1.165) is 67.9 Å². The van der Waals surface area contributed by atoms with Gasteiger partial charge >= 0.3 is 0 Å². The first-order valence-corrected chi connectivity index (χ1v) is 11.5. The molecule has 2 aliphatic rings. The van der Waals surface area contributed by atoms with Gasteiger partial charge in [0, 0.05) is 37.3 Å². The Morgan fingerprint density at radius 2 is 1.47 bits per heavy atom. The van der Waals surface area contributed by atoms with E-state index in [9.17, 15) is 4.79 Å². The standard InChI is InChI=1S/C26H34N2O2/c1-20-6-7-21(2)28(20)18-5-19-30-25-14-12-23(13-15-25)22-8-10-24(11-9-22)26(29)27-16-3-4-17-27/h8-15,20-21H,3-7,16-19H2,1-2H3/t20-,21-/m1/s1. The predicted molar refractivity (Wildman–Crippen MR) is 122 cm³/mol. The van der Waals surface area contributed by atoms with E-state index in [1.54, 1.807) is 0 Å². The first kappa shape index (κ1) is 20.9. The number of rotatable bonds is 7. The van der Waals surface area contributed by atoms with Crippen molar-refractivity contribution in [2.75, 3.05) is 26.2 Å². The monoisotopic (exact) mass is 406 g/mol. The Balaban J connectivity index is 1.27. The molecule has 1 amide bonds. The average Bonchev–Trinajstić information content (AvgIpc) is 3.42. The van der Waals surface area contributed by atoms with Gasteiger partial charge in [0.25, 0.3) is 5.91 Å². The van der Waals surface area contributed by atoms with Crippen molar-refractivity contribution in [2.24, 2.45) is 0 Å². The minimum Gasteiger partial charge on any atom is -0.494 e. The number of carbonyl (C=O) groups is 1. The molecular weight excluding hydrogens is 372 g/mol. The molecule has 4 nitrogen and oxygen atoms in total. The average molecular weight is 407 g/mol. The van der Waals surface area contributed by atoms with Crippen LogP contribution in [0, 0.1) is 0 Å². The summed E-state index contributed by atoms with van der Waals surface area (Å²) < 4.78 is 5.96. The molecule has 2 atom stereocenters. The van der Waals surface area contributed by atoms with Gasteiger partial charge in [-0.2, -0.15) is 0 Å². The second-order valence-corrected chi connectivity index (χ2v) is 8.82. The molecule has 0 unspecified atom stereocenters. The molecule has 2 heterocycles. The van der Waals surface area contributed by atoms with Gasteiger partial charge in [0.05, 0.1) is 6.61 Å². The van der Waals surface area contributed by atoms with E-state index in [2.05, 4.69) is 30.9 Å². The SMILES string of the molecule is C[C@@H]1CC[C@@H](C)N1CCCOc1ccc(-c2ccc(C(=O)N3CCCC3)cc2)cc1. The summed E-state index contributed by atoms with van der Waals surface area (Å²) in [6.45, 7) is 8.30. The first-order chi connectivity index (χ1) is 14.6. The van der Waals surface area contributed by atoms with Gasteiger partial charge in [-0.25, -0.2) is 0 Å². The summed E-state index contributed by atoms with van der Waals surface area (Å²) in [7, 11) is 0. The van der Waals surface area contributed by atoms with E-state index in [0.29, 0.717) is 12.1 Å². The number of benzene rings is 2. The highest BCUT2D eigenvalue weighted by Gasteiger charge is 2.26. The van der Waals surface area contributed by atoms with E-state index in [1.807, 2.05) is 41.3 Å². The molecule has 0 aromatic heterocycles. The van der Waals surface area contributed by atoms with Crippen LogP contribution in [-0.2, 0) is 0 Å². The van der Waals surface area contributed by atoms with E-state index >= 15 is 0 Å². The van der Waals surface area contributed by atoms with Crippen molar-refractivity contribution in [1.82, 2.24) is 9.80 Å². The fourth-order valence-electron chi connectivity index (χ4n) is 4.78. The number of likely N-dealkylation sites (tertiary alicyclic amines) is 2. The third-order valence-corrected chi connectivity index (χ3v) is 6.68. The maximum Gasteiger partial charge on any atom is 0.253 e. The molecule has 4 heteroatoms. The fraction of sp³-hybridized carbons (Fsp3) is 0.500. The summed E-state index contributed by atoms with van der Waals surface area (Å²) in [5, 5.41) is 0. The van der Waals surface area contributed by atoms with Crippen LogP contribution in [0.25, 0.3) is 11.1 Å².